The minimum atomic E-state index is -0.399. The molecule has 4 rings (SSSR count). The van der Waals surface area contributed by atoms with Crippen LogP contribution in [0.25, 0.3) is 10.8 Å². The molecule has 0 bridgehead atoms. The highest BCUT2D eigenvalue weighted by atomic mass is 35.5. The van der Waals surface area contributed by atoms with Crippen LogP contribution in [0.5, 0.6) is 0 Å². The quantitative estimate of drug-likeness (QED) is 0.182. The van der Waals surface area contributed by atoms with Gasteiger partial charge in [-0.1, -0.05) is 0 Å². The zero-order valence-electron chi connectivity index (χ0n) is 22.1. The molecule has 40 heavy (non-hydrogen) atoms. The molecule has 0 aliphatic carbocycles. The van der Waals surface area contributed by atoms with Crippen molar-refractivity contribution >= 4 is 84.0 Å². The number of nitrogens with zero attached hydrogens (tertiary/aromatic N) is 2. The van der Waals surface area contributed by atoms with Crippen molar-refractivity contribution in [1.82, 2.24) is 20.4 Å². The summed E-state index contributed by atoms with van der Waals surface area (Å²) in [6, 6.07) is 6.41. The zero-order chi connectivity index (χ0) is 25.7. The fourth-order valence-electron chi connectivity index (χ4n) is 4.81. The average molecular weight is 640 g/mol. The van der Waals surface area contributed by atoms with E-state index in [2.05, 4.69) is 10.6 Å². The molecule has 2 aromatic carbocycles. The molecule has 0 aromatic heterocycles. The molecule has 14 heteroatoms. The number of hydrogen-bond donors (Lipinski definition) is 4. The van der Waals surface area contributed by atoms with Crippen LogP contribution in [0, 0.1) is 0 Å². The molecule has 2 aliphatic heterocycles. The second kappa shape index (κ2) is 17.7. The lowest BCUT2D eigenvalue weighted by Crippen LogP contribution is -2.44. The average Bonchev–Trinajstić information content (AvgIpc) is 2.88. The maximum Gasteiger partial charge on any atom is 0.261 e. The molecule has 4 amide bonds. The molecule has 0 saturated carbocycles. The van der Waals surface area contributed by atoms with Crippen LogP contribution in [0.15, 0.2) is 24.3 Å². The first-order chi connectivity index (χ1) is 17.5. The number of carbonyl (C=O) groups is 4. The number of hydrogen-bond acceptors (Lipinski definition) is 8. The van der Waals surface area contributed by atoms with E-state index in [-0.39, 0.29) is 62.7 Å². The molecular weight excluding hydrogens is 602 g/mol. The Hall–Kier alpha value is -2.02. The summed E-state index contributed by atoms with van der Waals surface area (Å²) < 4.78 is 0. The summed E-state index contributed by atoms with van der Waals surface area (Å²) in [5.74, 6) is -1.60. The predicted molar refractivity (Wildman–Crippen MR) is 166 cm³/mol. The highest BCUT2D eigenvalue weighted by Gasteiger charge is 2.39. The molecule has 2 aliphatic rings. The normalized spacial score (nSPS) is 13.4. The fraction of sp³-hybridized carbons (Fsp3) is 0.462. The molecular formula is C26H38Cl4N6O4. The van der Waals surface area contributed by atoms with Crippen LogP contribution in [-0.4, -0.2) is 85.8 Å². The molecule has 2 heterocycles. The van der Waals surface area contributed by atoms with Crippen molar-refractivity contribution in [2.24, 2.45) is 11.5 Å². The number of amides is 4. The van der Waals surface area contributed by atoms with Crippen LogP contribution >= 0.6 is 49.6 Å². The Bertz CT molecular complexity index is 1040. The van der Waals surface area contributed by atoms with E-state index in [4.69, 9.17) is 11.5 Å². The highest BCUT2D eigenvalue weighted by Crippen LogP contribution is 2.37. The maximum atomic E-state index is 13.3. The van der Waals surface area contributed by atoms with Crippen molar-refractivity contribution < 1.29 is 19.2 Å². The van der Waals surface area contributed by atoms with Gasteiger partial charge in [0.2, 0.25) is 0 Å². The first kappa shape index (κ1) is 38.0. The van der Waals surface area contributed by atoms with E-state index in [1.54, 1.807) is 24.3 Å². The molecule has 6 N–H and O–H groups in total. The van der Waals surface area contributed by atoms with E-state index < -0.39 is 23.6 Å². The third kappa shape index (κ3) is 7.63. The highest BCUT2D eigenvalue weighted by molar-refractivity contribution is 6.33. The minimum absolute atomic E-state index is 0. The molecule has 0 unspecified atom stereocenters. The molecule has 10 nitrogen and oxygen atoms in total. The SMILES string of the molecule is Cl.Cl.Cl.Cl.NCCCNCCCN1C(=O)c2ccc3c4c(ccc(c24)C1=O)C(=O)N(CCCNCCCN)C3=O. The summed E-state index contributed by atoms with van der Waals surface area (Å²) in [5.41, 5.74) is 12.4. The van der Waals surface area contributed by atoms with Crippen LogP contribution in [0.2, 0.25) is 0 Å². The molecule has 0 fully saturated rings. The van der Waals surface area contributed by atoms with E-state index in [0.29, 0.717) is 72.0 Å². The number of benzene rings is 2. The zero-order valence-corrected chi connectivity index (χ0v) is 25.4. The Labute approximate surface area is 258 Å². The summed E-state index contributed by atoms with van der Waals surface area (Å²) in [6.07, 6.45) is 2.96. The van der Waals surface area contributed by atoms with E-state index in [9.17, 15) is 19.2 Å². The van der Waals surface area contributed by atoms with Gasteiger partial charge < -0.3 is 22.1 Å². The number of nitrogens with two attached hydrogens (primary N) is 2. The topological polar surface area (TPSA) is 151 Å². The summed E-state index contributed by atoms with van der Waals surface area (Å²) >= 11 is 0. The molecule has 224 valence electrons. The van der Waals surface area contributed by atoms with E-state index in [1.807, 2.05) is 0 Å². The Kier molecular flexibility index (Phi) is 16.8. The second-order valence-corrected chi connectivity index (χ2v) is 9.09. The first-order valence-corrected chi connectivity index (χ1v) is 12.6. The molecule has 2 aromatic rings. The van der Waals surface area contributed by atoms with Gasteiger partial charge in [-0.05, 0) is 89.2 Å². The fourth-order valence-corrected chi connectivity index (χ4v) is 4.81. The van der Waals surface area contributed by atoms with Crippen molar-refractivity contribution in [3.63, 3.8) is 0 Å². The third-order valence-corrected chi connectivity index (χ3v) is 6.65. The van der Waals surface area contributed by atoms with Gasteiger partial charge in [0.25, 0.3) is 23.6 Å². The van der Waals surface area contributed by atoms with E-state index in [0.717, 1.165) is 25.9 Å². The molecule has 0 radical (unpaired) electrons. The lowest BCUT2D eigenvalue weighted by molar-refractivity contribution is 0.0587. The third-order valence-electron chi connectivity index (χ3n) is 6.65. The van der Waals surface area contributed by atoms with Gasteiger partial charge in [0.1, 0.15) is 0 Å². The van der Waals surface area contributed by atoms with Crippen molar-refractivity contribution in [3.05, 3.63) is 46.5 Å². The standard InChI is InChI=1S/C26H34N6O4.4ClH/c27-9-1-11-29-13-3-15-31-23(33)17-5-7-19-22-20(8-6-18(21(17)22)24(31)34)26(36)32(25(19)35)16-4-14-30-12-2-10-28;;;;/h5-8,29-30H,1-4,9-16,27-28H2;4*1H. The number of imide groups is 2. The van der Waals surface area contributed by atoms with Crippen LogP contribution in [0.1, 0.15) is 67.1 Å². The Morgan fingerprint density at radius 2 is 0.775 bits per heavy atom. The van der Waals surface area contributed by atoms with Gasteiger partial charge in [0.15, 0.2) is 0 Å². The molecule has 0 atom stereocenters. The number of rotatable bonds is 14. The predicted octanol–water partition coefficient (Wildman–Crippen LogP) is 2.38. The van der Waals surface area contributed by atoms with Crippen LogP contribution < -0.4 is 22.1 Å². The Morgan fingerprint density at radius 1 is 0.500 bits per heavy atom. The van der Waals surface area contributed by atoms with Crippen molar-refractivity contribution in [2.45, 2.75) is 25.7 Å². The molecule has 0 spiro atoms. The lowest BCUT2D eigenvalue weighted by Gasteiger charge is -2.32. The smallest absolute Gasteiger partial charge is 0.261 e. The summed E-state index contributed by atoms with van der Waals surface area (Å²) in [4.78, 5) is 55.5. The molecule has 0 saturated heterocycles. The van der Waals surface area contributed by atoms with Gasteiger partial charge in [-0.25, -0.2) is 0 Å². The first-order valence-electron chi connectivity index (χ1n) is 12.6. The number of nitrogens with one attached hydrogen (secondary N) is 2. The van der Waals surface area contributed by atoms with Crippen LogP contribution in [0.4, 0.5) is 0 Å². The van der Waals surface area contributed by atoms with Gasteiger partial charge in [-0.15, -0.1) is 49.6 Å². The second-order valence-electron chi connectivity index (χ2n) is 9.09. The van der Waals surface area contributed by atoms with Gasteiger partial charge in [0.05, 0.1) is 0 Å². The lowest BCUT2D eigenvalue weighted by atomic mass is 9.86. The van der Waals surface area contributed by atoms with Crippen LogP contribution in [-0.2, 0) is 0 Å². The van der Waals surface area contributed by atoms with Gasteiger partial charge >= 0.3 is 0 Å². The summed E-state index contributed by atoms with van der Waals surface area (Å²) in [5, 5.41) is 7.30. The Morgan fingerprint density at radius 3 is 1.05 bits per heavy atom. The van der Waals surface area contributed by atoms with E-state index >= 15 is 0 Å². The largest absolute Gasteiger partial charge is 0.330 e. The van der Waals surface area contributed by atoms with Crippen LogP contribution in [0.3, 0.4) is 0 Å². The van der Waals surface area contributed by atoms with Crippen molar-refractivity contribution in [2.75, 3.05) is 52.4 Å². The maximum absolute atomic E-state index is 13.3. The monoisotopic (exact) mass is 638 g/mol. The van der Waals surface area contributed by atoms with Crippen molar-refractivity contribution in [3.8, 4) is 0 Å². The summed E-state index contributed by atoms with van der Waals surface area (Å²) in [7, 11) is 0. The van der Waals surface area contributed by atoms with E-state index in [1.165, 1.54) is 9.80 Å². The van der Waals surface area contributed by atoms with Crippen molar-refractivity contribution in [1.29, 1.82) is 0 Å². The van der Waals surface area contributed by atoms with Gasteiger partial charge in [-0.2, -0.15) is 0 Å². The van der Waals surface area contributed by atoms with Gasteiger partial charge in [-0.3, -0.25) is 29.0 Å². The summed E-state index contributed by atoms with van der Waals surface area (Å²) in [6.45, 7) is 4.68. The Balaban J connectivity index is 0.00000380. The minimum Gasteiger partial charge on any atom is -0.330 e. The number of halogens is 4. The number of carbonyl (C=O) groups excluding carboxylic acids is 4. The van der Waals surface area contributed by atoms with Gasteiger partial charge in [0, 0.05) is 46.1 Å².